The van der Waals surface area contributed by atoms with Gasteiger partial charge < -0.3 is 9.73 Å². The third-order valence-electron chi connectivity index (χ3n) is 3.65. The van der Waals surface area contributed by atoms with E-state index in [9.17, 15) is 14.9 Å². The molecule has 0 unspecified atom stereocenters. The molecule has 0 aliphatic heterocycles. The highest BCUT2D eigenvalue weighted by atomic mass is 35.5. The van der Waals surface area contributed by atoms with Crippen LogP contribution in [-0.4, -0.2) is 10.8 Å². The number of nitro benzene ring substituents is 1. The van der Waals surface area contributed by atoms with Crippen LogP contribution < -0.4 is 10.9 Å². The molecule has 0 radical (unpaired) electrons. The van der Waals surface area contributed by atoms with Crippen LogP contribution in [-0.2, 0) is 0 Å². The van der Waals surface area contributed by atoms with Gasteiger partial charge in [0.15, 0.2) is 0 Å². The van der Waals surface area contributed by atoms with Crippen molar-refractivity contribution in [3.05, 3.63) is 74.3 Å². The summed E-state index contributed by atoms with van der Waals surface area (Å²) in [5, 5.41) is 22.3. The fraction of sp³-hybridized carbons (Fsp3) is 0.0588. The van der Waals surface area contributed by atoms with Crippen LogP contribution in [0.2, 0.25) is 5.02 Å². The first-order valence-corrected chi connectivity index (χ1v) is 7.57. The summed E-state index contributed by atoms with van der Waals surface area (Å²) in [6, 6.07) is 10.4. The number of halogens is 1. The monoisotopic (exact) mass is 357 g/mol. The highest BCUT2D eigenvalue weighted by Gasteiger charge is 2.15. The van der Waals surface area contributed by atoms with E-state index in [2.05, 4.69) is 5.32 Å². The van der Waals surface area contributed by atoms with Gasteiger partial charge in [-0.05, 0) is 36.8 Å². The number of nitrogens with one attached hydrogen (secondary N) is 2. The Balaban J connectivity index is 2.03. The van der Waals surface area contributed by atoms with Gasteiger partial charge in [0.25, 0.3) is 11.6 Å². The molecule has 2 N–H and O–H groups in total. The van der Waals surface area contributed by atoms with Gasteiger partial charge in [0, 0.05) is 28.2 Å². The summed E-state index contributed by atoms with van der Waals surface area (Å²) in [5.74, 6) is -0.562. The average Bonchev–Trinajstić information content (AvgIpc) is 2.57. The molecule has 1 aromatic heterocycles. The fourth-order valence-electron chi connectivity index (χ4n) is 2.33. The number of rotatable bonds is 3. The van der Waals surface area contributed by atoms with Crippen LogP contribution in [0, 0.1) is 22.4 Å². The molecule has 8 heteroatoms. The third-order valence-corrected chi connectivity index (χ3v) is 3.89. The molecule has 0 aliphatic rings. The minimum atomic E-state index is -0.562. The maximum absolute atomic E-state index is 12.5. The summed E-state index contributed by atoms with van der Waals surface area (Å²) in [5.41, 5.74) is 1.10. The minimum absolute atomic E-state index is 0.0348. The zero-order valence-electron chi connectivity index (χ0n) is 13.0. The normalized spacial score (nSPS) is 10.6. The summed E-state index contributed by atoms with van der Waals surface area (Å²) >= 11 is 5.93. The summed E-state index contributed by atoms with van der Waals surface area (Å²) in [4.78, 5) is 22.8. The van der Waals surface area contributed by atoms with Crippen LogP contribution in [0.25, 0.3) is 11.0 Å². The molecule has 3 aromatic rings. The van der Waals surface area contributed by atoms with Gasteiger partial charge in [-0.15, -0.1) is 0 Å². The van der Waals surface area contributed by atoms with Crippen molar-refractivity contribution >= 4 is 39.9 Å². The van der Waals surface area contributed by atoms with Crippen molar-refractivity contribution in [2.75, 3.05) is 5.32 Å². The highest BCUT2D eigenvalue weighted by Crippen LogP contribution is 2.23. The Labute approximate surface area is 146 Å². The van der Waals surface area contributed by atoms with Crippen molar-refractivity contribution in [2.24, 2.45) is 0 Å². The van der Waals surface area contributed by atoms with Gasteiger partial charge in [0.05, 0.1) is 4.92 Å². The van der Waals surface area contributed by atoms with E-state index in [4.69, 9.17) is 21.4 Å². The number of benzene rings is 2. The molecule has 0 spiro atoms. The van der Waals surface area contributed by atoms with Gasteiger partial charge in [-0.1, -0.05) is 17.7 Å². The second-order valence-electron chi connectivity index (χ2n) is 5.38. The molecular formula is C17H12ClN3O4. The lowest BCUT2D eigenvalue weighted by Crippen LogP contribution is -2.21. The average molecular weight is 358 g/mol. The number of carbonyl (C=O) groups excluding carboxylic acids is 1. The Morgan fingerprint density at radius 3 is 2.72 bits per heavy atom. The lowest BCUT2D eigenvalue weighted by molar-refractivity contribution is -0.384. The van der Waals surface area contributed by atoms with Crippen LogP contribution in [0.15, 0.2) is 46.9 Å². The lowest BCUT2D eigenvalue weighted by Gasteiger charge is -2.09. The van der Waals surface area contributed by atoms with E-state index >= 15 is 0 Å². The van der Waals surface area contributed by atoms with Crippen molar-refractivity contribution in [3.63, 3.8) is 0 Å². The number of anilines is 1. The van der Waals surface area contributed by atoms with Gasteiger partial charge >= 0.3 is 0 Å². The molecule has 7 nitrogen and oxygen atoms in total. The van der Waals surface area contributed by atoms with Crippen molar-refractivity contribution in [2.45, 2.75) is 6.92 Å². The third kappa shape index (κ3) is 3.36. The first-order valence-electron chi connectivity index (χ1n) is 7.19. The zero-order valence-corrected chi connectivity index (χ0v) is 13.8. The van der Waals surface area contributed by atoms with Crippen molar-refractivity contribution in [1.82, 2.24) is 0 Å². The van der Waals surface area contributed by atoms with Gasteiger partial charge in [0.1, 0.15) is 11.1 Å². The minimum Gasteiger partial charge on any atom is -0.438 e. The molecule has 0 fully saturated rings. The standard InChI is InChI=1S/C17H12ClN3O4/c1-9-2-3-11(18)8-14(9)20-17(22)13-7-10-6-12(21(23)24)4-5-15(10)25-16(13)19/h2-8,19H,1H3,(H,20,22). The van der Waals surface area contributed by atoms with Gasteiger partial charge in [-0.2, -0.15) is 0 Å². The van der Waals surface area contributed by atoms with E-state index in [0.29, 0.717) is 16.1 Å². The quantitative estimate of drug-likeness (QED) is 0.544. The number of nitro groups is 1. The molecule has 3 rings (SSSR count). The van der Waals surface area contributed by atoms with Gasteiger partial charge in [-0.3, -0.25) is 20.3 Å². The van der Waals surface area contributed by atoms with Crippen molar-refractivity contribution in [1.29, 1.82) is 5.41 Å². The van der Waals surface area contributed by atoms with Gasteiger partial charge in [-0.25, -0.2) is 0 Å². The van der Waals surface area contributed by atoms with E-state index < -0.39 is 10.8 Å². The first-order chi connectivity index (χ1) is 11.8. The molecule has 126 valence electrons. The number of nitrogens with zero attached hydrogens (tertiary/aromatic N) is 1. The van der Waals surface area contributed by atoms with Crippen LogP contribution in [0.5, 0.6) is 0 Å². The molecular weight excluding hydrogens is 346 g/mol. The molecule has 25 heavy (non-hydrogen) atoms. The highest BCUT2D eigenvalue weighted by molar-refractivity contribution is 6.31. The molecule has 0 bridgehead atoms. The predicted molar refractivity (Wildman–Crippen MR) is 92.9 cm³/mol. The number of aryl methyl sites for hydroxylation is 1. The Morgan fingerprint density at radius 1 is 1.24 bits per heavy atom. The second kappa shape index (κ2) is 6.37. The van der Waals surface area contributed by atoms with E-state index in [1.807, 2.05) is 6.92 Å². The largest absolute Gasteiger partial charge is 0.438 e. The van der Waals surface area contributed by atoms with E-state index in [-0.39, 0.29) is 22.4 Å². The molecule has 1 heterocycles. The maximum atomic E-state index is 12.5. The zero-order chi connectivity index (χ0) is 18.1. The summed E-state index contributed by atoms with van der Waals surface area (Å²) in [7, 11) is 0. The lowest BCUT2D eigenvalue weighted by atomic mass is 10.1. The number of hydrogen-bond acceptors (Lipinski definition) is 5. The van der Waals surface area contributed by atoms with Gasteiger partial charge in [0.2, 0.25) is 5.55 Å². The van der Waals surface area contributed by atoms with E-state index in [1.165, 1.54) is 24.3 Å². The molecule has 0 atom stereocenters. The van der Waals surface area contributed by atoms with Crippen LogP contribution >= 0.6 is 11.6 Å². The molecule has 1 amide bonds. The number of fused-ring (bicyclic) bond motifs is 1. The second-order valence-corrected chi connectivity index (χ2v) is 5.82. The summed E-state index contributed by atoms with van der Waals surface area (Å²) < 4.78 is 5.30. The Morgan fingerprint density at radius 2 is 2.00 bits per heavy atom. The summed E-state index contributed by atoms with van der Waals surface area (Å²) in [6.07, 6.45) is 0. The Bertz CT molecular complexity index is 1080. The number of amides is 1. The van der Waals surface area contributed by atoms with E-state index in [1.54, 1.807) is 18.2 Å². The smallest absolute Gasteiger partial charge is 0.270 e. The topological polar surface area (TPSA) is 109 Å². The van der Waals surface area contributed by atoms with Crippen LogP contribution in [0.3, 0.4) is 0 Å². The molecule has 0 saturated carbocycles. The summed E-state index contributed by atoms with van der Waals surface area (Å²) in [6.45, 7) is 1.81. The van der Waals surface area contributed by atoms with E-state index in [0.717, 1.165) is 5.56 Å². The first kappa shape index (κ1) is 16.7. The SMILES string of the molecule is Cc1ccc(Cl)cc1NC(=O)c1cc2cc([N+](=O)[O-])ccc2oc1=N. The molecule has 2 aromatic carbocycles. The molecule has 0 aliphatic carbocycles. The number of non-ortho nitro benzene ring substituents is 1. The maximum Gasteiger partial charge on any atom is 0.270 e. The Hall–Kier alpha value is -3.19. The molecule has 0 saturated heterocycles. The number of hydrogen-bond donors (Lipinski definition) is 2. The van der Waals surface area contributed by atoms with Crippen molar-refractivity contribution < 1.29 is 14.1 Å². The fourth-order valence-corrected chi connectivity index (χ4v) is 2.50. The Kier molecular flexibility index (Phi) is 4.24. The van der Waals surface area contributed by atoms with Crippen molar-refractivity contribution in [3.8, 4) is 0 Å². The number of carbonyl (C=O) groups is 1. The van der Waals surface area contributed by atoms with Crippen LogP contribution in [0.1, 0.15) is 15.9 Å². The predicted octanol–water partition coefficient (Wildman–Crippen LogP) is 4.03. The van der Waals surface area contributed by atoms with Crippen LogP contribution in [0.4, 0.5) is 11.4 Å².